The van der Waals surface area contributed by atoms with Crippen LogP contribution < -0.4 is 0 Å². The molecule has 0 amide bonds. The van der Waals surface area contributed by atoms with Gasteiger partial charge < -0.3 is 9.26 Å². The third-order valence-corrected chi connectivity index (χ3v) is 7.34. The molecule has 1 aliphatic heterocycles. The molecule has 0 spiro atoms. The van der Waals surface area contributed by atoms with Gasteiger partial charge in [-0.2, -0.15) is 14.4 Å². The van der Waals surface area contributed by atoms with E-state index in [0.29, 0.717) is 30.4 Å². The molecule has 10 heteroatoms. The van der Waals surface area contributed by atoms with Crippen molar-refractivity contribution in [1.82, 2.24) is 24.2 Å². The van der Waals surface area contributed by atoms with Gasteiger partial charge in [0.2, 0.25) is 10.0 Å². The Hall–Kier alpha value is -1.78. The topological polar surface area (TPSA) is 103 Å². The standard InChI is InChI=1S/C17H25N5O4S/c1-21-10-14(9-18-21)17-19-16(20-26-17)15-11-25-8-7-22(15)27(23,24)12-13-5-3-2-4-6-13/h9-10,13,15H,2-8,11-12H2,1H3/t15-/m1/s1. The largest absolute Gasteiger partial charge is 0.378 e. The van der Waals surface area contributed by atoms with E-state index in [4.69, 9.17) is 9.26 Å². The summed E-state index contributed by atoms with van der Waals surface area (Å²) in [6, 6.07) is -0.554. The predicted molar refractivity (Wildman–Crippen MR) is 97.1 cm³/mol. The van der Waals surface area contributed by atoms with Gasteiger partial charge in [-0.25, -0.2) is 8.42 Å². The first kappa shape index (κ1) is 18.6. The van der Waals surface area contributed by atoms with E-state index in [1.807, 2.05) is 0 Å². The summed E-state index contributed by atoms with van der Waals surface area (Å²) in [4.78, 5) is 4.41. The second-order valence-electron chi connectivity index (χ2n) is 7.34. The Morgan fingerprint density at radius 2 is 2.07 bits per heavy atom. The van der Waals surface area contributed by atoms with Gasteiger partial charge in [-0.15, -0.1) is 0 Å². The van der Waals surface area contributed by atoms with Crippen molar-refractivity contribution in [3.8, 4) is 11.5 Å². The fourth-order valence-corrected chi connectivity index (χ4v) is 5.91. The summed E-state index contributed by atoms with van der Waals surface area (Å²) in [6.45, 7) is 0.931. The first-order chi connectivity index (χ1) is 13.0. The van der Waals surface area contributed by atoms with Gasteiger partial charge in [0.05, 0.1) is 30.7 Å². The fourth-order valence-electron chi connectivity index (χ4n) is 3.89. The number of rotatable bonds is 5. The van der Waals surface area contributed by atoms with E-state index in [9.17, 15) is 8.42 Å². The highest BCUT2D eigenvalue weighted by Crippen LogP contribution is 2.31. The summed E-state index contributed by atoms with van der Waals surface area (Å²) in [6.07, 6.45) is 8.82. The Bertz CT molecular complexity index is 872. The van der Waals surface area contributed by atoms with E-state index in [1.165, 1.54) is 10.7 Å². The summed E-state index contributed by atoms with van der Waals surface area (Å²) in [5, 5.41) is 8.12. The van der Waals surface area contributed by atoms with E-state index in [2.05, 4.69) is 15.2 Å². The minimum absolute atomic E-state index is 0.191. The molecule has 2 fully saturated rings. The van der Waals surface area contributed by atoms with Gasteiger partial charge >= 0.3 is 0 Å². The monoisotopic (exact) mass is 395 g/mol. The number of sulfonamides is 1. The van der Waals surface area contributed by atoms with Crippen LogP contribution in [0.2, 0.25) is 0 Å². The molecule has 2 aromatic rings. The third-order valence-electron chi connectivity index (χ3n) is 5.30. The summed E-state index contributed by atoms with van der Waals surface area (Å²) in [5.41, 5.74) is 0.699. The van der Waals surface area contributed by atoms with Gasteiger partial charge in [0.1, 0.15) is 6.04 Å². The number of aromatic nitrogens is 4. The minimum atomic E-state index is -3.42. The van der Waals surface area contributed by atoms with E-state index >= 15 is 0 Å². The molecule has 1 atom stereocenters. The maximum absolute atomic E-state index is 13.1. The average molecular weight is 395 g/mol. The molecular weight excluding hydrogens is 370 g/mol. The van der Waals surface area contributed by atoms with Crippen molar-refractivity contribution in [2.45, 2.75) is 38.1 Å². The zero-order valence-electron chi connectivity index (χ0n) is 15.5. The van der Waals surface area contributed by atoms with Crippen LogP contribution in [-0.2, 0) is 21.8 Å². The molecule has 1 saturated heterocycles. The lowest BCUT2D eigenvalue weighted by Crippen LogP contribution is -2.45. The number of nitrogens with zero attached hydrogens (tertiary/aromatic N) is 5. The number of aryl methyl sites for hydroxylation is 1. The molecule has 0 aromatic carbocycles. The summed E-state index contributed by atoms with van der Waals surface area (Å²) < 4.78 is 40.2. The maximum atomic E-state index is 13.1. The molecule has 3 heterocycles. The molecule has 148 valence electrons. The number of hydrogen-bond donors (Lipinski definition) is 0. The highest BCUT2D eigenvalue weighted by Gasteiger charge is 2.38. The Morgan fingerprint density at radius 3 is 2.81 bits per heavy atom. The van der Waals surface area contributed by atoms with Gasteiger partial charge in [-0.1, -0.05) is 24.4 Å². The third kappa shape index (κ3) is 4.07. The van der Waals surface area contributed by atoms with Crippen LogP contribution in [0.4, 0.5) is 0 Å². The number of morpholine rings is 1. The quantitative estimate of drug-likeness (QED) is 0.760. The Labute approximate surface area is 158 Å². The van der Waals surface area contributed by atoms with Crippen molar-refractivity contribution >= 4 is 10.0 Å². The molecule has 0 unspecified atom stereocenters. The summed E-state index contributed by atoms with van der Waals surface area (Å²) in [7, 11) is -1.62. The molecular formula is C17H25N5O4S. The van der Waals surface area contributed by atoms with Crippen LogP contribution in [0.3, 0.4) is 0 Å². The highest BCUT2D eigenvalue weighted by molar-refractivity contribution is 7.89. The summed E-state index contributed by atoms with van der Waals surface area (Å²) in [5.74, 6) is 1.09. The molecule has 2 aliphatic rings. The molecule has 0 N–H and O–H groups in total. The zero-order chi connectivity index (χ0) is 18.9. The van der Waals surface area contributed by atoms with Gasteiger partial charge in [0.25, 0.3) is 5.89 Å². The number of ether oxygens (including phenoxy) is 1. The van der Waals surface area contributed by atoms with Crippen LogP contribution >= 0.6 is 0 Å². The van der Waals surface area contributed by atoms with Crippen molar-refractivity contribution in [2.24, 2.45) is 13.0 Å². The van der Waals surface area contributed by atoms with Crippen LogP contribution in [0.15, 0.2) is 16.9 Å². The van der Waals surface area contributed by atoms with Crippen molar-refractivity contribution in [3.05, 3.63) is 18.2 Å². The lowest BCUT2D eigenvalue weighted by Gasteiger charge is -2.34. The van der Waals surface area contributed by atoms with Crippen LogP contribution in [0, 0.1) is 5.92 Å². The first-order valence-corrected chi connectivity index (χ1v) is 11.0. The SMILES string of the molecule is Cn1cc(-c2nc([C@H]3COCCN3S(=O)(=O)CC3CCCCC3)no2)cn1. The van der Waals surface area contributed by atoms with Crippen LogP contribution in [0.1, 0.15) is 44.0 Å². The normalized spacial score (nSPS) is 22.9. The van der Waals surface area contributed by atoms with Crippen LogP contribution in [0.25, 0.3) is 11.5 Å². The number of hydrogen-bond acceptors (Lipinski definition) is 7. The van der Waals surface area contributed by atoms with E-state index in [1.54, 1.807) is 24.1 Å². The fraction of sp³-hybridized carbons (Fsp3) is 0.706. The maximum Gasteiger partial charge on any atom is 0.261 e. The Morgan fingerprint density at radius 1 is 1.26 bits per heavy atom. The zero-order valence-corrected chi connectivity index (χ0v) is 16.3. The molecule has 1 aliphatic carbocycles. The average Bonchev–Trinajstić information content (AvgIpc) is 3.31. The minimum Gasteiger partial charge on any atom is -0.378 e. The van der Waals surface area contributed by atoms with Crippen molar-refractivity contribution in [2.75, 3.05) is 25.5 Å². The van der Waals surface area contributed by atoms with Gasteiger partial charge in [-0.3, -0.25) is 4.68 Å². The van der Waals surface area contributed by atoms with Crippen LogP contribution in [-0.4, -0.2) is 58.2 Å². The smallest absolute Gasteiger partial charge is 0.261 e. The van der Waals surface area contributed by atoms with Gasteiger partial charge in [0.15, 0.2) is 5.82 Å². The lowest BCUT2D eigenvalue weighted by molar-refractivity contribution is 0.0280. The lowest BCUT2D eigenvalue weighted by atomic mass is 9.91. The Kier molecular flexibility index (Phi) is 5.29. The van der Waals surface area contributed by atoms with E-state index < -0.39 is 16.1 Å². The van der Waals surface area contributed by atoms with E-state index in [-0.39, 0.29) is 18.3 Å². The van der Waals surface area contributed by atoms with Crippen molar-refractivity contribution < 1.29 is 17.7 Å². The molecule has 0 bridgehead atoms. The molecule has 0 radical (unpaired) electrons. The second kappa shape index (κ2) is 7.69. The van der Waals surface area contributed by atoms with Gasteiger partial charge in [0, 0.05) is 19.8 Å². The molecule has 9 nitrogen and oxygen atoms in total. The molecule has 2 aromatic heterocycles. The molecule has 1 saturated carbocycles. The van der Waals surface area contributed by atoms with Crippen molar-refractivity contribution in [3.63, 3.8) is 0 Å². The highest BCUT2D eigenvalue weighted by atomic mass is 32.2. The predicted octanol–water partition coefficient (Wildman–Crippen LogP) is 1.75. The molecule has 4 rings (SSSR count). The second-order valence-corrected chi connectivity index (χ2v) is 9.31. The first-order valence-electron chi connectivity index (χ1n) is 9.43. The van der Waals surface area contributed by atoms with Gasteiger partial charge in [-0.05, 0) is 18.8 Å². The molecule has 27 heavy (non-hydrogen) atoms. The summed E-state index contributed by atoms with van der Waals surface area (Å²) >= 11 is 0. The van der Waals surface area contributed by atoms with E-state index in [0.717, 1.165) is 25.7 Å². The Balaban J connectivity index is 1.54. The van der Waals surface area contributed by atoms with Crippen molar-refractivity contribution in [1.29, 1.82) is 0 Å². The van der Waals surface area contributed by atoms with Crippen LogP contribution in [0.5, 0.6) is 0 Å².